The van der Waals surface area contributed by atoms with Crippen molar-refractivity contribution in [3.8, 4) is 0 Å². The lowest BCUT2D eigenvalue weighted by atomic mass is 10.2. The van der Waals surface area contributed by atoms with Gasteiger partial charge in [0.25, 0.3) is 0 Å². The van der Waals surface area contributed by atoms with Gasteiger partial charge in [-0.1, -0.05) is 0 Å². The maximum absolute atomic E-state index is 9.19. The van der Waals surface area contributed by atoms with Crippen molar-refractivity contribution in [3.05, 3.63) is 17.0 Å². The van der Waals surface area contributed by atoms with E-state index in [0.29, 0.717) is 6.54 Å². The summed E-state index contributed by atoms with van der Waals surface area (Å²) in [7, 11) is 0. The van der Waals surface area contributed by atoms with Crippen LogP contribution in [0, 0.1) is 6.92 Å². The number of halogens is 1. The van der Waals surface area contributed by atoms with Crippen molar-refractivity contribution in [2.45, 2.75) is 26.1 Å². The largest absolute Gasteiger partial charge is 0.394 e. The number of aryl methyl sites for hydroxylation is 1. The first-order valence-electron chi connectivity index (χ1n) is 5.60. The van der Waals surface area contributed by atoms with Crippen molar-refractivity contribution < 1.29 is 9.84 Å². The predicted octanol–water partition coefficient (Wildman–Crippen LogP) is 1.02. The zero-order valence-electron chi connectivity index (χ0n) is 9.93. The molecule has 1 aromatic heterocycles. The zero-order chi connectivity index (χ0) is 12.4. The number of hydrogen-bond donors (Lipinski definition) is 1. The molecule has 1 fully saturated rings. The summed E-state index contributed by atoms with van der Waals surface area (Å²) in [4.78, 5) is 10.3. The molecular weight excluding hydrogens is 242 g/mol. The fourth-order valence-corrected chi connectivity index (χ4v) is 2.18. The molecule has 1 aromatic rings. The monoisotopic (exact) mass is 257 g/mol. The highest BCUT2D eigenvalue weighted by Gasteiger charge is 2.26. The molecule has 6 heteroatoms. The molecule has 94 valence electrons. The van der Waals surface area contributed by atoms with Crippen molar-refractivity contribution in [2.24, 2.45) is 0 Å². The third-order valence-electron chi connectivity index (χ3n) is 2.75. The highest BCUT2D eigenvalue weighted by atomic mass is 35.5. The molecule has 2 unspecified atom stereocenters. The third kappa shape index (κ3) is 2.86. The van der Waals surface area contributed by atoms with E-state index in [9.17, 15) is 5.11 Å². The van der Waals surface area contributed by atoms with Crippen molar-refractivity contribution in [2.75, 3.05) is 24.6 Å². The zero-order valence-corrected chi connectivity index (χ0v) is 10.7. The molecule has 1 N–H and O–H groups in total. The average molecular weight is 258 g/mol. The average Bonchev–Trinajstić information content (AvgIpc) is 2.31. The van der Waals surface area contributed by atoms with Crippen molar-refractivity contribution >= 4 is 17.4 Å². The second kappa shape index (κ2) is 5.16. The maximum Gasteiger partial charge on any atom is 0.224 e. The molecule has 17 heavy (non-hydrogen) atoms. The number of aromatic nitrogens is 2. The van der Waals surface area contributed by atoms with E-state index in [1.54, 1.807) is 6.20 Å². The number of nitrogens with zero attached hydrogens (tertiary/aromatic N) is 3. The van der Waals surface area contributed by atoms with Crippen LogP contribution in [0.1, 0.15) is 12.5 Å². The van der Waals surface area contributed by atoms with Gasteiger partial charge in [-0.15, -0.1) is 0 Å². The first-order valence-corrected chi connectivity index (χ1v) is 5.98. The first kappa shape index (κ1) is 12.5. The van der Waals surface area contributed by atoms with Crippen LogP contribution in [0.5, 0.6) is 0 Å². The lowest BCUT2D eigenvalue weighted by Gasteiger charge is -2.37. The Morgan fingerprint density at radius 1 is 1.59 bits per heavy atom. The number of aliphatic hydroxyl groups excluding tert-OH is 1. The summed E-state index contributed by atoms with van der Waals surface area (Å²) in [6.45, 7) is 5.30. The minimum atomic E-state index is -0.174. The molecule has 2 rings (SSSR count). The maximum atomic E-state index is 9.19. The Morgan fingerprint density at radius 3 is 3.06 bits per heavy atom. The molecule has 0 amide bonds. The van der Waals surface area contributed by atoms with Crippen LogP contribution >= 0.6 is 11.6 Å². The van der Waals surface area contributed by atoms with Crippen LogP contribution in [0.25, 0.3) is 0 Å². The summed E-state index contributed by atoms with van der Waals surface area (Å²) in [5.41, 5.74) is 0.972. The molecule has 1 aliphatic rings. The molecule has 2 heterocycles. The van der Waals surface area contributed by atoms with Gasteiger partial charge in [0.15, 0.2) is 0 Å². The van der Waals surface area contributed by atoms with E-state index in [0.717, 1.165) is 17.9 Å². The van der Waals surface area contributed by atoms with Gasteiger partial charge in [-0.05, 0) is 25.4 Å². The van der Waals surface area contributed by atoms with Crippen LogP contribution in [-0.2, 0) is 4.74 Å². The Labute approximate surface area is 105 Å². The van der Waals surface area contributed by atoms with E-state index in [1.807, 2.05) is 13.8 Å². The Kier molecular flexibility index (Phi) is 3.81. The Morgan fingerprint density at radius 2 is 2.35 bits per heavy atom. The van der Waals surface area contributed by atoms with Gasteiger partial charge in [0.1, 0.15) is 5.82 Å². The second-order valence-electron chi connectivity index (χ2n) is 4.30. The van der Waals surface area contributed by atoms with Crippen LogP contribution in [0.2, 0.25) is 5.28 Å². The number of hydrogen-bond acceptors (Lipinski definition) is 5. The van der Waals surface area contributed by atoms with E-state index in [2.05, 4.69) is 14.9 Å². The smallest absolute Gasteiger partial charge is 0.224 e. The number of morpholine rings is 1. The summed E-state index contributed by atoms with van der Waals surface area (Å²) < 4.78 is 5.59. The quantitative estimate of drug-likeness (QED) is 0.802. The van der Waals surface area contributed by atoms with E-state index >= 15 is 0 Å². The lowest BCUT2D eigenvalue weighted by Crippen LogP contribution is -2.48. The van der Waals surface area contributed by atoms with Gasteiger partial charge in [0.2, 0.25) is 5.28 Å². The van der Waals surface area contributed by atoms with Crippen LogP contribution in [-0.4, -0.2) is 47.0 Å². The van der Waals surface area contributed by atoms with Gasteiger partial charge in [0.05, 0.1) is 18.8 Å². The number of ether oxygens (including phenoxy) is 1. The lowest BCUT2D eigenvalue weighted by molar-refractivity contribution is -0.0423. The first-order chi connectivity index (χ1) is 8.10. The topological polar surface area (TPSA) is 58.5 Å². The van der Waals surface area contributed by atoms with Crippen LogP contribution in [0.3, 0.4) is 0 Å². The predicted molar refractivity (Wildman–Crippen MR) is 65.4 cm³/mol. The number of anilines is 1. The van der Waals surface area contributed by atoms with Crippen molar-refractivity contribution in [1.29, 1.82) is 0 Å². The summed E-state index contributed by atoms with van der Waals surface area (Å²) >= 11 is 5.81. The molecule has 0 spiro atoms. The molecule has 0 bridgehead atoms. The molecule has 2 atom stereocenters. The minimum absolute atomic E-state index is 0.0126. The van der Waals surface area contributed by atoms with Gasteiger partial charge < -0.3 is 14.7 Å². The SMILES string of the molecule is Cc1cnc(Cl)nc1N1CC(C)OC(CO)C1. The standard InChI is InChI=1S/C11H16ClN3O2/c1-7-3-13-11(12)14-10(7)15-4-8(2)17-9(5-15)6-16/h3,8-9,16H,4-6H2,1-2H3. The Hall–Kier alpha value is -0.910. The summed E-state index contributed by atoms with van der Waals surface area (Å²) in [5.74, 6) is 0.818. The molecule has 0 aliphatic carbocycles. The fourth-order valence-electron chi connectivity index (χ4n) is 2.05. The van der Waals surface area contributed by atoms with Gasteiger partial charge in [-0.25, -0.2) is 9.97 Å². The van der Waals surface area contributed by atoms with E-state index in [4.69, 9.17) is 16.3 Å². The Balaban J connectivity index is 2.23. The Bertz CT molecular complexity index is 402. The van der Waals surface area contributed by atoms with Gasteiger partial charge in [-0.2, -0.15) is 0 Å². The molecule has 0 aromatic carbocycles. The van der Waals surface area contributed by atoms with E-state index in [-0.39, 0.29) is 24.1 Å². The van der Waals surface area contributed by atoms with Crippen LogP contribution < -0.4 is 4.90 Å². The number of rotatable bonds is 2. The molecule has 0 radical (unpaired) electrons. The molecule has 1 aliphatic heterocycles. The highest BCUT2D eigenvalue weighted by Crippen LogP contribution is 2.22. The fraction of sp³-hybridized carbons (Fsp3) is 0.636. The minimum Gasteiger partial charge on any atom is -0.394 e. The highest BCUT2D eigenvalue weighted by molar-refractivity contribution is 6.28. The van der Waals surface area contributed by atoms with Crippen molar-refractivity contribution in [1.82, 2.24) is 9.97 Å². The van der Waals surface area contributed by atoms with Crippen LogP contribution in [0.4, 0.5) is 5.82 Å². The molecular formula is C11H16ClN3O2. The summed E-state index contributed by atoms with van der Waals surface area (Å²) in [5, 5.41) is 9.43. The molecule has 5 nitrogen and oxygen atoms in total. The third-order valence-corrected chi connectivity index (χ3v) is 2.93. The number of aliphatic hydroxyl groups is 1. The molecule has 1 saturated heterocycles. The van der Waals surface area contributed by atoms with Crippen molar-refractivity contribution in [3.63, 3.8) is 0 Å². The normalized spacial score (nSPS) is 25.1. The van der Waals surface area contributed by atoms with Crippen LogP contribution in [0.15, 0.2) is 6.20 Å². The van der Waals surface area contributed by atoms with Gasteiger partial charge >= 0.3 is 0 Å². The van der Waals surface area contributed by atoms with E-state index in [1.165, 1.54) is 0 Å². The summed E-state index contributed by atoms with van der Waals surface area (Å²) in [6.07, 6.45) is 1.60. The van der Waals surface area contributed by atoms with Gasteiger partial charge in [0, 0.05) is 24.8 Å². The molecule has 0 saturated carbocycles. The summed E-state index contributed by atoms with van der Waals surface area (Å²) in [6, 6.07) is 0. The van der Waals surface area contributed by atoms with E-state index < -0.39 is 0 Å². The van der Waals surface area contributed by atoms with Gasteiger partial charge in [-0.3, -0.25) is 0 Å². The second-order valence-corrected chi connectivity index (χ2v) is 4.64.